The molecule has 76 valence electrons. The molecule has 0 aliphatic heterocycles. The highest BCUT2D eigenvalue weighted by Crippen LogP contribution is 2.40. The fourth-order valence-electron chi connectivity index (χ4n) is 2.17. The molecule has 0 amide bonds. The molecule has 1 aromatic carbocycles. The Balaban J connectivity index is 2.35. The Morgan fingerprint density at radius 3 is 2.93 bits per heavy atom. The van der Waals surface area contributed by atoms with Crippen molar-refractivity contribution in [2.45, 2.75) is 13.0 Å². The summed E-state index contributed by atoms with van der Waals surface area (Å²) in [5, 5.41) is 1.33. The molecule has 0 saturated heterocycles. The summed E-state index contributed by atoms with van der Waals surface area (Å²) in [5.74, 6) is 0.440. The quantitative estimate of drug-likeness (QED) is 0.714. The summed E-state index contributed by atoms with van der Waals surface area (Å²) in [6, 6.07) is 8.68. The molecule has 1 aromatic heterocycles. The molecule has 15 heavy (non-hydrogen) atoms. The second-order valence-corrected chi connectivity index (χ2v) is 5.20. The molecule has 0 spiro atoms. The van der Waals surface area contributed by atoms with Crippen molar-refractivity contribution in [3.05, 3.63) is 40.8 Å². The summed E-state index contributed by atoms with van der Waals surface area (Å²) >= 11 is 1.84. The van der Waals surface area contributed by atoms with Crippen LogP contribution in [0.4, 0.5) is 0 Å². The predicted octanol–water partition coefficient (Wildman–Crippen LogP) is 3.56. The van der Waals surface area contributed by atoms with Crippen molar-refractivity contribution < 1.29 is 0 Å². The Bertz CT molecular complexity index is 538. The molecule has 0 fully saturated rings. The zero-order valence-electron chi connectivity index (χ0n) is 8.60. The van der Waals surface area contributed by atoms with Gasteiger partial charge in [0.25, 0.3) is 0 Å². The third-order valence-corrected chi connectivity index (χ3v) is 4.27. The number of fused-ring (bicyclic) bond motifs is 3. The minimum Gasteiger partial charge on any atom is -0.323 e. The van der Waals surface area contributed by atoms with E-state index in [2.05, 4.69) is 43.3 Å². The smallest absolute Gasteiger partial charge is 0.0376 e. The summed E-state index contributed by atoms with van der Waals surface area (Å²) < 4.78 is 1.34. The largest absolute Gasteiger partial charge is 0.323 e. The molecular formula is C13H13NS. The normalized spacial score (nSPS) is 24.4. The standard InChI is InChI=1S/C13H13NS/c1-8-6-7-11-12(13(8)14)9-4-2-3-5-10(9)15-11/h2-8,13H,14H2,1H3. The highest BCUT2D eigenvalue weighted by Gasteiger charge is 2.23. The fourth-order valence-corrected chi connectivity index (χ4v) is 3.35. The van der Waals surface area contributed by atoms with E-state index in [1.165, 1.54) is 20.5 Å². The lowest BCUT2D eigenvalue weighted by Gasteiger charge is -2.21. The maximum Gasteiger partial charge on any atom is 0.0376 e. The monoisotopic (exact) mass is 215 g/mol. The lowest BCUT2D eigenvalue weighted by Crippen LogP contribution is -2.19. The van der Waals surface area contributed by atoms with Crippen molar-refractivity contribution in [1.29, 1.82) is 0 Å². The first-order valence-electron chi connectivity index (χ1n) is 5.22. The number of rotatable bonds is 0. The van der Waals surface area contributed by atoms with Gasteiger partial charge in [-0.2, -0.15) is 0 Å². The highest BCUT2D eigenvalue weighted by atomic mass is 32.1. The van der Waals surface area contributed by atoms with Crippen LogP contribution in [0.1, 0.15) is 23.4 Å². The van der Waals surface area contributed by atoms with Gasteiger partial charge in [-0.15, -0.1) is 11.3 Å². The van der Waals surface area contributed by atoms with Gasteiger partial charge in [0, 0.05) is 15.6 Å². The number of benzene rings is 1. The van der Waals surface area contributed by atoms with Gasteiger partial charge in [-0.05, 0) is 29.0 Å². The maximum absolute atomic E-state index is 6.26. The van der Waals surface area contributed by atoms with E-state index >= 15 is 0 Å². The Kier molecular flexibility index (Phi) is 1.94. The Morgan fingerprint density at radius 1 is 1.27 bits per heavy atom. The summed E-state index contributed by atoms with van der Waals surface area (Å²) in [6.45, 7) is 2.18. The summed E-state index contributed by atoms with van der Waals surface area (Å²) in [5.41, 5.74) is 7.59. The molecule has 3 rings (SSSR count). The fraction of sp³-hybridized carbons (Fsp3) is 0.231. The second-order valence-electron chi connectivity index (χ2n) is 4.12. The van der Waals surface area contributed by atoms with Gasteiger partial charge in [-0.25, -0.2) is 0 Å². The van der Waals surface area contributed by atoms with E-state index in [0.29, 0.717) is 5.92 Å². The van der Waals surface area contributed by atoms with E-state index < -0.39 is 0 Å². The van der Waals surface area contributed by atoms with Gasteiger partial charge in [-0.1, -0.05) is 31.2 Å². The lowest BCUT2D eigenvalue weighted by molar-refractivity contribution is 0.567. The summed E-state index contributed by atoms with van der Waals surface area (Å²) in [6.07, 6.45) is 4.43. The molecule has 1 aliphatic carbocycles. The van der Waals surface area contributed by atoms with Crippen LogP contribution in [0.3, 0.4) is 0 Å². The van der Waals surface area contributed by atoms with Gasteiger partial charge in [0.15, 0.2) is 0 Å². The van der Waals surface area contributed by atoms with Crippen LogP contribution < -0.4 is 5.73 Å². The third kappa shape index (κ3) is 1.25. The van der Waals surface area contributed by atoms with Gasteiger partial charge >= 0.3 is 0 Å². The van der Waals surface area contributed by atoms with Gasteiger partial charge in [0.1, 0.15) is 0 Å². The first-order valence-corrected chi connectivity index (χ1v) is 6.04. The topological polar surface area (TPSA) is 26.0 Å². The molecule has 2 heteroatoms. The van der Waals surface area contributed by atoms with Crippen LogP contribution in [-0.2, 0) is 0 Å². The zero-order valence-corrected chi connectivity index (χ0v) is 9.42. The van der Waals surface area contributed by atoms with E-state index in [1.54, 1.807) is 0 Å². The average molecular weight is 215 g/mol. The van der Waals surface area contributed by atoms with Gasteiger partial charge in [0.2, 0.25) is 0 Å². The Labute approximate surface area is 93.2 Å². The molecule has 0 bridgehead atoms. The van der Waals surface area contributed by atoms with Gasteiger partial charge in [-0.3, -0.25) is 0 Å². The van der Waals surface area contributed by atoms with Crippen molar-refractivity contribution in [1.82, 2.24) is 0 Å². The molecule has 2 N–H and O–H groups in total. The molecular weight excluding hydrogens is 202 g/mol. The molecule has 1 aliphatic rings. The molecule has 0 saturated carbocycles. The predicted molar refractivity (Wildman–Crippen MR) is 67.0 cm³/mol. The van der Waals surface area contributed by atoms with Crippen molar-refractivity contribution in [2.24, 2.45) is 11.7 Å². The maximum atomic E-state index is 6.26. The Morgan fingerprint density at radius 2 is 2.07 bits per heavy atom. The molecule has 1 nitrogen and oxygen atoms in total. The zero-order chi connectivity index (χ0) is 10.4. The molecule has 1 heterocycles. The number of hydrogen-bond donors (Lipinski definition) is 1. The van der Waals surface area contributed by atoms with Crippen molar-refractivity contribution in [2.75, 3.05) is 0 Å². The first-order chi connectivity index (χ1) is 7.27. The minimum absolute atomic E-state index is 0.154. The molecule has 2 aromatic rings. The van der Waals surface area contributed by atoms with Crippen molar-refractivity contribution in [3.8, 4) is 0 Å². The summed E-state index contributed by atoms with van der Waals surface area (Å²) in [7, 11) is 0. The SMILES string of the molecule is CC1C=Cc2sc3ccccc3c2C1N. The summed E-state index contributed by atoms with van der Waals surface area (Å²) in [4.78, 5) is 1.34. The van der Waals surface area contributed by atoms with Crippen LogP contribution in [0, 0.1) is 5.92 Å². The van der Waals surface area contributed by atoms with Crippen LogP contribution in [-0.4, -0.2) is 0 Å². The molecule has 0 radical (unpaired) electrons. The van der Waals surface area contributed by atoms with Crippen LogP contribution in [0.2, 0.25) is 0 Å². The van der Waals surface area contributed by atoms with E-state index in [1.807, 2.05) is 11.3 Å². The average Bonchev–Trinajstić information content (AvgIpc) is 2.62. The highest BCUT2D eigenvalue weighted by molar-refractivity contribution is 7.20. The van der Waals surface area contributed by atoms with Gasteiger partial charge in [0.05, 0.1) is 0 Å². The van der Waals surface area contributed by atoms with Crippen molar-refractivity contribution in [3.63, 3.8) is 0 Å². The Hall–Kier alpha value is -1.12. The van der Waals surface area contributed by atoms with Crippen LogP contribution in [0.5, 0.6) is 0 Å². The number of hydrogen-bond acceptors (Lipinski definition) is 2. The molecule has 2 unspecified atom stereocenters. The van der Waals surface area contributed by atoms with E-state index in [9.17, 15) is 0 Å². The van der Waals surface area contributed by atoms with E-state index in [4.69, 9.17) is 5.73 Å². The lowest BCUT2D eigenvalue weighted by atomic mass is 9.89. The second kappa shape index (κ2) is 3.19. The van der Waals surface area contributed by atoms with E-state index in [-0.39, 0.29) is 6.04 Å². The first kappa shape index (κ1) is 9.13. The third-order valence-electron chi connectivity index (χ3n) is 3.11. The van der Waals surface area contributed by atoms with Crippen LogP contribution in [0.25, 0.3) is 16.2 Å². The number of nitrogens with two attached hydrogens (primary N) is 1. The van der Waals surface area contributed by atoms with Gasteiger partial charge < -0.3 is 5.73 Å². The molecule has 2 atom stereocenters. The number of thiophene rings is 1. The minimum atomic E-state index is 0.154. The van der Waals surface area contributed by atoms with Crippen LogP contribution >= 0.6 is 11.3 Å². The van der Waals surface area contributed by atoms with Crippen molar-refractivity contribution >= 4 is 27.5 Å². The van der Waals surface area contributed by atoms with E-state index in [0.717, 1.165) is 0 Å². The van der Waals surface area contributed by atoms with Crippen LogP contribution in [0.15, 0.2) is 30.3 Å².